The Bertz CT molecular complexity index is 165. The van der Waals surface area contributed by atoms with E-state index in [0.29, 0.717) is 12.5 Å². The first-order valence-corrected chi connectivity index (χ1v) is 5.46. The molecule has 13 heavy (non-hydrogen) atoms. The molecule has 0 bridgehead atoms. The Morgan fingerprint density at radius 1 is 1.38 bits per heavy atom. The van der Waals surface area contributed by atoms with Gasteiger partial charge < -0.3 is 4.74 Å². The van der Waals surface area contributed by atoms with Crippen LogP contribution in [0.5, 0.6) is 0 Å². The lowest BCUT2D eigenvalue weighted by molar-refractivity contribution is -0.145. The van der Waals surface area contributed by atoms with Gasteiger partial charge in [-0.3, -0.25) is 4.79 Å². The van der Waals surface area contributed by atoms with Gasteiger partial charge in [0.25, 0.3) is 0 Å². The van der Waals surface area contributed by atoms with E-state index in [-0.39, 0.29) is 11.9 Å². The minimum Gasteiger partial charge on any atom is -0.466 e. The van der Waals surface area contributed by atoms with Crippen molar-refractivity contribution in [1.82, 2.24) is 0 Å². The summed E-state index contributed by atoms with van der Waals surface area (Å²) in [5, 5.41) is 0. The normalized spacial score (nSPS) is 25.7. The van der Waals surface area contributed by atoms with Gasteiger partial charge in [-0.25, -0.2) is 0 Å². The fourth-order valence-electron chi connectivity index (χ4n) is 1.76. The largest absolute Gasteiger partial charge is 0.466 e. The van der Waals surface area contributed by atoms with Crippen molar-refractivity contribution in [2.75, 3.05) is 6.61 Å². The molecule has 0 radical (unpaired) electrons. The van der Waals surface area contributed by atoms with E-state index in [9.17, 15) is 4.79 Å². The zero-order valence-corrected chi connectivity index (χ0v) is 8.71. The molecule has 1 rings (SSSR count). The van der Waals surface area contributed by atoms with E-state index in [4.69, 9.17) is 4.74 Å². The van der Waals surface area contributed by atoms with E-state index in [1.165, 1.54) is 25.7 Å². The molecule has 0 saturated heterocycles. The van der Waals surface area contributed by atoms with E-state index in [0.717, 1.165) is 6.42 Å². The van der Waals surface area contributed by atoms with Crippen LogP contribution in [0.4, 0.5) is 0 Å². The number of ether oxygens (including phenoxy) is 1. The molecule has 76 valence electrons. The third-order valence-electron chi connectivity index (χ3n) is 2.69. The predicted molar refractivity (Wildman–Crippen MR) is 52.4 cm³/mol. The maximum Gasteiger partial charge on any atom is 0.309 e. The van der Waals surface area contributed by atoms with Crippen LogP contribution < -0.4 is 0 Å². The second kappa shape index (κ2) is 5.25. The average Bonchev–Trinajstić information content (AvgIpc) is 2.85. The van der Waals surface area contributed by atoms with Crippen LogP contribution in [-0.2, 0) is 9.53 Å². The van der Waals surface area contributed by atoms with Crippen LogP contribution in [-0.4, -0.2) is 12.6 Å². The summed E-state index contributed by atoms with van der Waals surface area (Å²) in [6.45, 7) is 4.60. The highest BCUT2D eigenvalue weighted by molar-refractivity contribution is 5.75. The Hall–Kier alpha value is -0.530. The van der Waals surface area contributed by atoms with Crippen molar-refractivity contribution in [3.63, 3.8) is 0 Å². The second-order valence-corrected chi connectivity index (χ2v) is 3.85. The van der Waals surface area contributed by atoms with Gasteiger partial charge in [0.15, 0.2) is 0 Å². The lowest BCUT2D eigenvalue weighted by Gasteiger charge is -2.00. The predicted octanol–water partition coefficient (Wildman–Crippen LogP) is 2.77. The van der Waals surface area contributed by atoms with Crippen LogP contribution in [0.2, 0.25) is 0 Å². The second-order valence-electron chi connectivity index (χ2n) is 3.85. The summed E-state index contributed by atoms with van der Waals surface area (Å²) < 4.78 is 4.96. The fourth-order valence-corrected chi connectivity index (χ4v) is 1.76. The van der Waals surface area contributed by atoms with Crippen molar-refractivity contribution in [3.8, 4) is 0 Å². The molecule has 0 aromatic carbocycles. The molecule has 1 fully saturated rings. The summed E-state index contributed by atoms with van der Waals surface area (Å²) in [5.41, 5.74) is 0. The van der Waals surface area contributed by atoms with Crippen LogP contribution in [0.3, 0.4) is 0 Å². The van der Waals surface area contributed by atoms with E-state index in [2.05, 4.69) is 6.92 Å². The molecule has 0 unspecified atom stereocenters. The standard InChI is InChI=1S/C11H20O2/c1-3-5-6-7-9-8-10(9)11(12)13-4-2/h9-10H,3-8H2,1-2H3/t9-,10+/m1/s1. The molecular weight excluding hydrogens is 164 g/mol. The Morgan fingerprint density at radius 3 is 2.77 bits per heavy atom. The maximum atomic E-state index is 11.2. The average molecular weight is 184 g/mol. The van der Waals surface area contributed by atoms with Gasteiger partial charge in [-0.15, -0.1) is 0 Å². The number of unbranched alkanes of at least 4 members (excludes halogenated alkanes) is 2. The molecule has 2 nitrogen and oxygen atoms in total. The minimum absolute atomic E-state index is 0.0315. The maximum absolute atomic E-state index is 11.2. The SMILES string of the molecule is CCCCC[C@@H]1C[C@@H]1C(=O)OCC. The highest BCUT2D eigenvalue weighted by Gasteiger charge is 2.43. The molecule has 0 aromatic heterocycles. The number of rotatable bonds is 6. The van der Waals surface area contributed by atoms with Crippen LogP contribution in [0.1, 0.15) is 46.0 Å². The monoisotopic (exact) mass is 184 g/mol. The van der Waals surface area contributed by atoms with Crippen molar-refractivity contribution >= 4 is 5.97 Å². The van der Waals surface area contributed by atoms with E-state index in [1.54, 1.807) is 0 Å². The Balaban J connectivity index is 2.04. The summed E-state index contributed by atoms with van der Waals surface area (Å²) in [7, 11) is 0. The van der Waals surface area contributed by atoms with Gasteiger partial charge in [0, 0.05) is 0 Å². The highest BCUT2D eigenvalue weighted by atomic mass is 16.5. The number of hydrogen-bond acceptors (Lipinski definition) is 2. The Kier molecular flexibility index (Phi) is 4.26. The van der Waals surface area contributed by atoms with E-state index < -0.39 is 0 Å². The molecule has 0 N–H and O–H groups in total. The van der Waals surface area contributed by atoms with Crippen LogP contribution in [0.15, 0.2) is 0 Å². The van der Waals surface area contributed by atoms with Crippen molar-refractivity contribution in [1.29, 1.82) is 0 Å². The fraction of sp³-hybridized carbons (Fsp3) is 0.909. The lowest BCUT2D eigenvalue weighted by Crippen LogP contribution is -2.07. The van der Waals surface area contributed by atoms with Gasteiger partial charge in [-0.05, 0) is 25.7 Å². The first kappa shape index (κ1) is 10.6. The number of carbonyl (C=O) groups excluding carboxylic acids is 1. The zero-order valence-electron chi connectivity index (χ0n) is 8.71. The number of carbonyl (C=O) groups is 1. The molecular formula is C11H20O2. The van der Waals surface area contributed by atoms with Gasteiger partial charge in [0.1, 0.15) is 0 Å². The van der Waals surface area contributed by atoms with E-state index in [1.807, 2.05) is 6.92 Å². The molecule has 0 aromatic rings. The van der Waals surface area contributed by atoms with Crippen molar-refractivity contribution in [2.24, 2.45) is 11.8 Å². The quantitative estimate of drug-likeness (QED) is 0.468. The van der Waals surface area contributed by atoms with Gasteiger partial charge >= 0.3 is 5.97 Å². The molecule has 2 atom stereocenters. The molecule has 0 aliphatic heterocycles. The molecule has 1 aliphatic carbocycles. The first-order chi connectivity index (χ1) is 6.29. The number of hydrogen-bond donors (Lipinski definition) is 0. The van der Waals surface area contributed by atoms with Crippen molar-refractivity contribution < 1.29 is 9.53 Å². The zero-order chi connectivity index (χ0) is 9.68. The van der Waals surface area contributed by atoms with Gasteiger partial charge in [0.05, 0.1) is 12.5 Å². The third kappa shape index (κ3) is 3.37. The topological polar surface area (TPSA) is 26.3 Å². The molecule has 1 aliphatic rings. The summed E-state index contributed by atoms with van der Waals surface area (Å²) in [5.74, 6) is 0.923. The van der Waals surface area contributed by atoms with E-state index >= 15 is 0 Å². The van der Waals surface area contributed by atoms with Gasteiger partial charge in [-0.1, -0.05) is 26.2 Å². The molecule has 0 spiro atoms. The smallest absolute Gasteiger partial charge is 0.309 e. The molecule has 0 amide bonds. The number of esters is 1. The summed E-state index contributed by atoms with van der Waals surface area (Å²) in [6.07, 6.45) is 6.12. The minimum atomic E-state index is 0.0315. The first-order valence-electron chi connectivity index (χ1n) is 5.46. The lowest BCUT2D eigenvalue weighted by atomic mass is 10.1. The molecule has 0 heterocycles. The summed E-state index contributed by atoms with van der Waals surface area (Å²) >= 11 is 0. The van der Waals surface area contributed by atoms with Crippen LogP contribution in [0, 0.1) is 11.8 Å². The highest BCUT2D eigenvalue weighted by Crippen LogP contribution is 2.43. The van der Waals surface area contributed by atoms with Crippen molar-refractivity contribution in [2.45, 2.75) is 46.0 Å². The van der Waals surface area contributed by atoms with Crippen LogP contribution in [0.25, 0.3) is 0 Å². The molecule has 1 saturated carbocycles. The Labute approximate surface area is 80.7 Å². The third-order valence-corrected chi connectivity index (χ3v) is 2.69. The summed E-state index contributed by atoms with van der Waals surface area (Å²) in [6, 6.07) is 0. The summed E-state index contributed by atoms with van der Waals surface area (Å²) in [4.78, 5) is 11.2. The van der Waals surface area contributed by atoms with Gasteiger partial charge in [0.2, 0.25) is 0 Å². The van der Waals surface area contributed by atoms with Crippen LogP contribution >= 0.6 is 0 Å². The molecule has 2 heteroatoms. The van der Waals surface area contributed by atoms with Crippen molar-refractivity contribution in [3.05, 3.63) is 0 Å². The Morgan fingerprint density at radius 2 is 2.15 bits per heavy atom. The van der Waals surface area contributed by atoms with Gasteiger partial charge in [-0.2, -0.15) is 0 Å².